The Bertz CT molecular complexity index is 656. The molecule has 0 aliphatic carbocycles. The number of aliphatic hydroxyl groups is 1. The Kier molecular flexibility index (Phi) is 2.70. The second kappa shape index (κ2) is 4.22. The van der Waals surface area contributed by atoms with Crippen LogP contribution in [0.3, 0.4) is 0 Å². The van der Waals surface area contributed by atoms with Gasteiger partial charge >= 0.3 is 0 Å². The molecule has 1 atom stereocenters. The fourth-order valence-electron chi connectivity index (χ4n) is 1.86. The molecule has 0 saturated carbocycles. The standard InChI is InChI=1S/C13H11NOS2/c1-8-7-17-13(14-8)11(15)10-4-2-3-9-5-6-16-12(9)10/h2-7,11,15H,1H3. The van der Waals surface area contributed by atoms with Crippen LogP contribution in [-0.2, 0) is 0 Å². The number of aryl methyl sites for hydroxylation is 1. The number of thiophene rings is 1. The van der Waals surface area contributed by atoms with Gasteiger partial charge in [0.1, 0.15) is 11.1 Å². The maximum absolute atomic E-state index is 10.4. The van der Waals surface area contributed by atoms with Crippen molar-refractivity contribution in [2.75, 3.05) is 0 Å². The van der Waals surface area contributed by atoms with Gasteiger partial charge in [-0.15, -0.1) is 22.7 Å². The topological polar surface area (TPSA) is 33.1 Å². The molecule has 0 aliphatic heterocycles. The number of aliphatic hydroxyl groups excluding tert-OH is 1. The van der Waals surface area contributed by atoms with Crippen molar-refractivity contribution in [1.82, 2.24) is 4.98 Å². The van der Waals surface area contributed by atoms with Crippen molar-refractivity contribution in [3.05, 3.63) is 51.3 Å². The molecule has 86 valence electrons. The van der Waals surface area contributed by atoms with E-state index < -0.39 is 6.10 Å². The van der Waals surface area contributed by atoms with Crippen LogP contribution >= 0.6 is 22.7 Å². The van der Waals surface area contributed by atoms with E-state index in [0.717, 1.165) is 21.0 Å². The van der Waals surface area contributed by atoms with Gasteiger partial charge in [0, 0.05) is 21.3 Å². The molecule has 2 nitrogen and oxygen atoms in total. The third-order valence-corrected chi connectivity index (χ3v) is 4.67. The highest BCUT2D eigenvalue weighted by atomic mass is 32.1. The minimum absolute atomic E-state index is 0.615. The van der Waals surface area contributed by atoms with Gasteiger partial charge in [-0.1, -0.05) is 18.2 Å². The molecular weight excluding hydrogens is 250 g/mol. The minimum atomic E-state index is -0.615. The Morgan fingerprint density at radius 3 is 2.88 bits per heavy atom. The highest BCUT2D eigenvalue weighted by Crippen LogP contribution is 2.33. The molecule has 4 heteroatoms. The van der Waals surface area contributed by atoms with Crippen LogP contribution in [0.15, 0.2) is 35.0 Å². The Labute approximate surface area is 107 Å². The lowest BCUT2D eigenvalue weighted by atomic mass is 10.1. The van der Waals surface area contributed by atoms with Crippen LogP contribution in [0.5, 0.6) is 0 Å². The van der Waals surface area contributed by atoms with E-state index >= 15 is 0 Å². The zero-order valence-electron chi connectivity index (χ0n) is 9.25. The molecule has 2 aromatic heterocycles. The Balaban J connectivity index is 2.12. The summed E-state index contributed by atoms with van der Waals surface area (Å²) in [4.78, 5) is 4.35. The molecule has 17 heavy (non-hydrogen) atoms. The summed E-state index contributed by atoms with van der Waals surface area (Å²) in [5.41, 5.74) is 1.91. The molecule has 0 radical (unpaired) electrons. The summed E-state index contributed by atoms with van der Waals surface area (Å²) >= 11 is 3.17. The van der Waals surface area contributed by atoms with Crippen LogP contribution in [0.1, 0.15) is 22.4 Å². The second-order valence-corrected chi connectivity index (χ2v) is 5.72. The molecule has 2 heterocycles. The summed E-state index contributed by atoms with van der Waals surface area (Å²) in [5, 5.41) is 16.3. The number of hydrogen-bond donors (Lipinski definition) is 1. The van der Waals surface area contributed by atoms with E-state index in [4.69, 9.17) is 0 Å². The monoisotopic (exact) mass is 261 g/mol. The van der Waals surface area contributed by atoms with Gasteiger partial charge < -0.3 is 5.11 Å². The molecule has 0 aliphatic rings. The zero-order chi connectivity index (χ0) is 11.8. The van der Waals surface area contributed by atoms with Crippen molar-refractivity contribution in [3.8, 4) is 0 Å². The van der Waals surface area contributed by atoms with Crippen LogP contribution in [-0.4, -0.2) is 10.1 Å². The predicted octanol–water partition coefficient (Wildman–Crippen LogP) is 3.75. The van der Waals surface area contributed by atoms with Gasteiger partial charge in [-0.05, 0) is 23.8 Å². The summed E-state index contributed by atoms with van der Waals surface area (Å²) in [7, 11) is 0. The first-order valence-electron chi connectivity index (χ1n) is 5.32. The molecule has 1 aromatic carbocycles. The molecule has 3 rings (SSSR count). The maximum Gasteiger partial charge on any atom is 0.132 e. The van der Waals surface area contributed by atoms with Gasteiger partial charge in [-0.25, -0.2) is 4.98 Å². The average Bonchev–Trinajstić information content (AvgIpc) is 2.95. The lowest BCUT2D eigenvalue weighted by Gasteiger charge is -2.08. The van der Waals surface area contributed by atoms with Crippen molar-refractivity contribution in [1.29, 1.82) is 0 Å². The van der Waals surface area contributed by atoms with E-state index in [1.165, 1.54) is 16.7 Å². The first kappa shape index (κ1) is 10.9. The van der Waals surface area contributed by atoms with Gasteiger partial charge in [0.15, 0.2) is 0 Å². The third-order valence-electron chi connectivity index (χ3n) is 2.67. The predicted molar refractivity (Wildman–Crippen MR) is 72.7 cm³/mol. The van der Waals surface area contributed by atoms with Crippen LogP contribution in [0.25, 0.3) is 10.1 Å². The highest BCUT2D eigenvalue weighted by Gasteiger charge is 2.16. The van der Waals surface area contributed by atoms with Crippen molar-refractivity contribution in [3.63, 3.8) is 0 Å². The third kappa shape index (κ3) is 1.88. The number of thiazole rings is 1. The van der Waals surface area contributed by atoms with Crippen LogP contribution in [0.4, 0.5) is 0 Å². The highest BCUT2D eigenvalue weighted by molar-refractivity contribution is 7.17. The molecule has 0 saturated heterocycles. The Hall–Kier alpha value is -1.23. The summed E-state index contributed by atoms with van der Waals surface area (Å²) in [6.45, 7) is 1.94. The van der Waals surface area contributed by atoms with Crippen molar-refractivity contribution in [2.24, 2.45) is 0 Å². The summed E-state index contributed by atoms with van der Waals surface area (Å²) < 4.78 is 1.15. The zero-order valence-corrected chi connectivity index (χ0v) is 10.9. The van der Waals surface area contributed by atoms with E-state index in [1.807, 2.05) is 29.8 Å². The lowest BCUT2D eigenvalue weighted by Crippen LogP contribution is -1.99. The molecule has 0 spiro atoms. The summed E-state index contributed by atoms with van der Waals surface area (Å²) in [5.74, 6) is 0. The first-order valence-corrected chi connectivity index (χ1v) is 7.08. The normalized spacial score (nSPS) is 13.1. The summed E-state index contributed by atoms with van der Waals surface area (Å²) in [6, 6.07) is 8.09. The Morgan fingerprint density at radius 2 is 2.12 bits per heavy atom. The van der Waals surface area contributed by atoms with Gasteiger partial charge in [0.25, 0.3) is 0 Å². The van der Waals surface area contributed by atoms with Crippen molar-refractivity contribution in [2.45, 2.75) is 13.0 Å². The quantitative estimate of drug-likeness (QED) is 0.762. The van der Waals surface area contributed by atoms with E-state index in [0.29, 0.717) is 0 Å². The number of nitrogens with zero attached hydrogens (tertiary/aromatic N) is 1. The van der Waals surface area contributed by atoms with E-state index in [9.17, 15) is 5.11 Å². The fraction of sp³-hybridized carbons (Fsp3) is 0.154. The number of aromatic nitrogens is 1. The SMILES string of the molecule is Cc1csc(C(O)c2cccc3ccsc23)n1. The molecule has 0 bridgehead atoms. The summed E-state index contributed by atoms with van der Waals surface area (Å²) in [6.07, 6.45) is -0.615. The lowest BCUT2D eigenvalue weighted by molar-refractivity contribution is 0.221. The van der Waals surface area contributed by atoms with Gasteiger partial charge in [0.05, 0.1) is 0 Å². The average molecular weight is 261 g/mol. The molecule has 0 amide bonds. The van der Waals surface area contributed by atoms with E-state index in [2.05, 4.69) is 17.1 Å². The van der Waals surface area contributed by atoms with Crippen LogP contribution in [0.2, 0.25) is 0 Å². The largest absolute Gasteiger partial charge is 0.381 e. The molecule has 1 N–H and O–H groups in total. The van der Waals surface area contributed by atoms with Gasteiger partial charge in [-0.3, -0.25) is 0 Å². The molecule has 3 aromatic rings. The number of benzene rings is 1. The molecule has 1 unspecified atom stereocenters. The van der Waals surface area contributed by atoms with Crippen molar-refractivity contribution < 1.29 is 5.11 Å². The van der Waals surface area contributed by atoms with Gasteiger partial charge in [-0.2, -0.15) is 0 Å². The molecule has 0 fully saturated rings. The minimum Gasteiger partial charge on any atom is -0.381 e. The maximum atomic E-state index is 10.4. The van der Waals surface area contributed by atoms with Crippen molar-refractivity contribution >= 4 is 32.8 Å². The van der Waals surface area contributed by atoms with Gasteiger partial charge in [0.2, 0.25) is 0 Å². The van der Waals surface area contributed by atoms with E-state index in [1.54, 1.807) is 11.3 Å². The Morgan fingerprint density at radius 1 is 1.24 bits per heavy atom. The molecular formula is C13H11NOS2. The van der Waals surface area contributed by atoms with Crippen LogP contribution < -0.4 is 0 Å². The van der Waals surface area contributed by atoms with Crippen LogP contribution in [0, 0.1) is 6.92 Å². The smallest absolute Gasteiger partial charge is 0.132 e. The second-order valence-electron chi connectivity index (χ2n) is 3.92. The number of rotatable bonds is 2. The fourth-order valence-corrected chi connectivity index (χ4v) is 3.60. The number of fused-ring (bicyclic) bond motifs is 1. The van der Waals surface area contributed by atoms with E-state index in [-0.39, 0.29) is 0 Å². The number of hydrogen-bond acceptors (Lipinski definition) is 4. The first-order chi connectivity index (χ1) is 8.25.